The van der Waals surface area contributed by atoms with Crippen LogP contribution in [0.2, 0.25) is 5.02 Å². The molecule has 4 heterocycles. The molecule has 0 radical (unpaired) electrons. The van der Waals surface area contributed by atoms with Gasteiger partial charge in [0.1, 0.15) is 0 Å². The minimum atomic E-state index is -0.0655. The number of aromatic nitrogens is 4. The van der Waals surface area contributed by atoms with E-state index in [-0.39, 0.29) is 29.8 Å². The van der Waals surface area contributed by atoms with Crippen molar-refractivity contribution in [3.63, 3.8) is 0 Å². The molecule has 3 aromatic rings. The molecule has 2 amide bonds. The second kappa shape index (κ2) is 10.7. The molecule has 1 aliphatic carbocycles. The number of carbonyl (C=O) groups excluding carboxylic acids is 2. The fraction of sp³-hybridized carbons (Fsp3) is 0.423. The van der Waals surface area contributed by atoms with Crippen molar-refractivity contribution in [1.82, 2.24) is 29.8 Å². The molecule has 0 aromatic carbocycles. The fourth-order valence-electron chi connectivity index (χ4n) is 5.19. The summed E-state index contributed by atoms with van der Waals surface area (Å²) in [5.74, 6) is 0.481. The highest BCUT2D eigenvalue weighted by molar-refractivity contribution is 6.33. The van der Waals surface area contributed by atoms with Gasteiger partial charge in [-0.05, 0) is 56.7 Å². The van der Waals surface area contributed by atoms with E-state index in [9.17, 15) is 9.59 Å². The topological polar surface area (TPSA) is 105 Å². The molecular weight excluding hydrogens is 478 g/mol. The molecule has 36 heavy (non-hydrogen) atoms. The average Bonchev–Trinajstić information content (AvgIpc) is 3.33. The van der Waals surface area contributed by atoms with Crippen LogP contribution in [0.4, 0.5) is 5.95 Å². The molecular formula is C26H30ClN7O2. The number of amides is 2. The van der Waals surface area contributed by atoms with Crippen molar-refractivity contribution in [2.45, 2.75) is 50.6 Å². The summed E-state index contributed by atoms with van der Waals surface area (Å²) in [5.41, 5.74) is 2.40. The number of halogens is 1. The van der Waals surface area contributed by atoms with Crippen LogP contribution in [0.5, 0.6) is 0 Å². The highest BCUT2D eigenvalue weighted by Crippen LogP contribution is 2.30. The van der Waals surface area contributed by atoms with Gasteiger partial charge < -0.3 is 15.5 Å². The zero-order valence-electron chi connectivity index (χ0n) is 20.1. The van der Waals surface area contributed by atoms with Gasteiger partial charge in [0.25, 0.3) is 0 Å². The van der Waals surface area contributed by atoms with Gasteiger partial charge in [0.05, 0.1) is 28.6 Å². The molecule has 2 aliphatic rings. The smallest absolute Gasteiger partial charge is 0.245 e. The minimum absolute atomic E-state index is 0.0554. The molecule has 3 aromatic heterocycles. The van der Waals surface area contributed by atoms with E-state index in [0.29, 0.717) is 42.6 Å². The first-order valence-electron chi connectivity index (χ1n) is 12.5. The van der Waals surface area contributed by atoms with Crippen LogP contribution >= 0.6 is 11.6 Å². The summed E-state index contributed by atoms with van der Waals surface area (Å²) in [5, 5.41) is 11.6. The Morgan fingerprint density at radius 3 is 2.72 bits per heavy atom. The van der Waals surface area contributed by atoms with Crippen LogP contribution in [0.3, 0.4) is 0 Å². The summed E-state index contributed by atoms with van der Waals surface area (Å²) < 4.78 is 1.79. The summed E-state index contributed by atoms with van der Waals surface area (Å²) >= 11 is 6.46. The largest absolute Gasteiger partial charge is 0.353 e. The van der Waals surface area contributed by atoms with E-state index >= 15 is 0 Å². The molecule has 2 atom stereocenters. The van der Waals surface area contributed by atoms with Crippen molar-refractivity contribution in [1.29, 1.82) is 0 Å². The van der Waals surface area contributed by atoms with Gasteiger partial charge in [-0.1, -0.05) is 24.2 Å². The lowest BCUT2D eigenvalue weighted by atomic mass is 9.89. The predicted molar refractivity (Wildman–Crippen MR) is 139 cm³/mol. The molecule has 188 valence electrons. The zero-order valence-corrected chi connectivity index (χ0v) is 20.8. The number of hydrogen-bond donors (Lipinski definition) is 2. The lowest BCUT2D eigenvalue weighted by molar-refractivity contribution is -0.132. The SMILES string of the molecule is C=CC(=O)N1CCC(C(=O)N[C@H]2CCC[C@@H](Nc3ncc(Cl)c(-c4cnn5ccccc45)n3)C2)CC1. The second-order valence-electron chi connectivity index (χ2n) is 9.50. The Hall–Kier alpha value is -3.46. The first-order chi connectivity index (χ1) is 17.5. The molecule has 5 rings (SSSR count). The third-order valence-corrected chi connectivity index (χ3v) is 7.41. The molecule has 1 saturated carbocycles. The molecule has 0 spiro atoms. The van der Waals surface area contributed by atoms with Crippen molar-refractivity contribution in [3.8, 4) is 11.3 Å². The summed E-state index contributed by atoms with van der Waals surface area (Å²) in [4.78, 5) is 35.6. The number of rotatable bonds is 6. The van der Waals surface area contributed by atoms with Gasteiger partial charge in [-0.15, -0.1) is 0 Å². The van der Waals surface area contributed by atoms with Crippen molar-refractivity contribution >= 4 is 34.9 Å². The first-order valence-corrected chi connectivity index (χ1v) is 12.8. The zero-order chi connectivity index (χ0) is 25.1. The molecule has 1 saturated heterocycles. The minimum Gasteiger partial charge on any atom is -0.353 e. The maximum Gasteiger partial charge on any atom is 0.245 e. The molecule has 0 unspecified atom stereocenters. The number of nitrogens with one attached hydrogen (secondary N) is 2. The van der Waals surface area contributed by atoms with Gasteiger partial charge in [-0.2, -0.15) is 5.10 Å². The number of nitrogens with zero attached hydrogens (tertiary/aromatic N) is 5. The molecule has 2 N–H and O–H groups in total. The van der Waals surface area contributed by atoms with E-state index in [1.807, 2.05) is 24.4 Å². The number of carbonyl (C=O) groups is 2. The van der Waals surface area contributed by atoms with Gasteiger partial charge in [-0.3, -0.25) is 9.59 Å². The van der Waals surface area contributed by atoms with Crippen LogP contribution in [-0.2, 0) is 9.59 Å². The van der Waals surface area contributed by atoms with Crippen molar-refractivity contribution in [2.24, 2.45) is 5.92 Å². The fourth-order valence-corrected chi connectivity index (χ4v) is 5.38. The van der Waals surface area contributed by atoms with Gasteiger partial charge in [0.15, 0.2) is 0 Å². The van der Waals surface area contributed by atoms with Gasteiger partial charge in [-0.25, -0.2) is 14.5 Å². The number of hydrogen-bond acceptors (Lipinski definition) is 6. The second-order valence-corrected chi connectivity index (χ2v) is 9.90. The summed E-state index contributed by atoms with van der Waals surface area (Å²) in [6, 6.07) is 6.10. The maximum absolute atomic E-state index is 12.9. The molecule has 10 heteroatoms. The van der Waals surface area contributed by atoms with E-state index in [0.717, 1.165) is 36.8 Å². The highest BCUT2D eigenvalue weighted by Gasteiger charge is 2.30. The Morgan fingerprint density at radius 2 is 1.92 bits per heavy atom. The Morgan fingerprint density at radius 1 is 1.11 bits per heavy atom. The van der Waals surface area contributed by atoms with Crippen LogP contribution in [0.25, 0.3) is 16.8 Å². The normalized spacial score (nSPS) is 20.8. The van der Waals surface area contributed by atoms with Gasteiger partial charge >= 0.3 is 0 Å². The number of anilines is 1. The van der Waals surface area contributed by atoms with E-state index in [2.05, 4.69) is 27.3 Å². The van der Waals surface area contributed by atoms with Crippen LogP contribution in [0.1, 0.15) is 38.5 Å². The number of pyridine rings is 1. The molecule has 2 fully saturated rings. The van der Waals surface area contributed by atoms with Crippen molar-refractivity contribution in [2.75, 3.05) is 18.4 Å². The van der Waals surface area contributed by atoms with Gasteiger partial charge in [0, 0.05) is 42.9 Å². The number of piperidine rings is 1. The maximum atomic E-state index is 12.9. The highest BCUT2D eigenvalue weighted by atomic mass is 35.5. The van der Waals surface area contributed by atoms with Crippen LogP contribution < -0.4 is 10.6 Å². The summed E-state index contributed by atoms with van der Waals surface area (Å²) in [6.45, 7) is 4.74. The number of fused-ring (bicyclic) bond motifs is 1. The summed E-state index contributed by atoms with van der Waals surface area (Å²) in [6.07, 6.45) is 11.7. The Labute approximate surface area is 214 Å². The van der Waals surface area contributed by atoms with E-state index in [1.54, 1.807) is 21.8 Å². The van der Waals surface area contributed by atoms with E-state index < -0.39 is 0 Å². The lowest BCUT2D eigenvalue weighted by Gasteiger charge is -2.34. The van der Waals surface area contributed by atoms with Crippen molar-refractivity contribution < 1.29 is 9.59 Å². The lowest BCUT2D eigenvalue weighted by Crippen LogP contribution is -2.47. The van der Waals surface area contributed by atoms with Crippen LogP contribution in [0, 0.1) is 5.92 Å². The standard InChI is InChI=1S/C26H30ClN7O2/c1-2-23(35)33-12-9-17(10-13-33)25(36)30-18-6-5-7-19(14-18)31-26-28-16-21(27)24(32-26)20-15-29-34-11-4-3-8-22(20)34/h2-4,8,11,15-19H,1,5-7,9-10,12-14H2,(H,30,36)(H,28,31,32)/t18-,19+/m0/s1. The van der Waals surface area contributed by atoms with Crippen LogP contribution in [-0.4, -0.2) is 61.5 Å². The third kappa shape index (κ3) is 5.21. The first kappa shape index (κ1) is 24.2. The Bertz CT molecular complexity index is 1270. The molecule has 0 bridgehead atoms. The van der Waals surface area contributed by atoms with Gasteiger partial charge in [0.2, 0.25) is 17.8 Å². The summed E-state index contributed by atoms with van der Waals surface area (Å²) in [7, 11) is 0. The van der Waals surface area contributed by atoms with E-state index in [1.165, 1.54) is 6.08 Å². The third-order valence-electron chi connectivity index (χ3n) is 7.13. The average molecular weight is 508 g/mol. The molecule has 1 aliphatic heterocycles. The number of likely N-dealkylation sites (tertiary alicyclic amines) is 1. The molecule has 9 nitrogen and oxygen atoms in total. The monoisotopic (exact) mass is 507 g/mol. The van der Waals surface area contributed by atoms with Crippen molar-refractivity contribution in [3.05, 3.63) is 54.5 Å². The Kier molecular flexibility index (Phi) is 7.18. The van der Waals surface area contributed by atoms with E-state index in [4.69, 9.17) is 16.6 Å². The van der Waals surface area contributed by atoms with Crippen LogP contribution in [0.15, 0.2) is 49.4 Å². The predicted octanol–water partition coefficient (Wildman–Crippen LogP) is 3.71. The quantitative estimate of drug-likeness (QED) is 0.493. The Balaban J connectivity index is 1.20.